The minimum Gasteiger partial charge on any atom is -0.324 e. The summed E-state index contributed by atoms with van der Waals surface area (Å²) in [6.07, 6.45) is 3.85. The number of nitrogens with zero attached hydrogens (tertiary/aromatic N) is 1. The van der Waals surface area contributed by atoms with Gasteiger partial charge in [0.25, 0.3) is 10.2 Å². The summed E-state index contributed by atoms with van der Waals surface area (Å²) in [4.78, 5) is 12.1. The summed E-state index contributed by atoms with van der Waals surface area (Å²) < 4.78 is 28.4. The Bertz CT molecular complexity index is 630. The largest absolute Gasteiger partial charge is 0.324 e. The van der Waals surface area contributed by atoms with E-state index in [9.17, 15) is 13.2 Å². The molecule has 0 unspecified atom stereocenters. The zero-order valence-electron chi connectivity index (χ0n) is 13.8. The summed E-state index contributed by atoms with van der Waals surface area (Å²) in [6.45, 7) is 4.60. The molecule has 0 saturated carbocycles. The van der Waals surface area contributed by atoms with Crippen molar-refractivity contribution < 1.29 is 13.2 Å². The van der Waals surface area contributed by atoms with Crippen LogP contribution >= 0.6 is 0 Å². The van der Waals surface area contributed by atoms with Crippen LogP contribution in [0.5, 0.6) is 0 Å². The SMILES string of the molecule is Cc1cccc(C)c1NC(=O)CNS(=O)(=O)N1CCCCCC1. The van der Waals surface area contributed by atoms with E-state index in [1.807, 2.05) is 32.0 Å². The predicted molar refractivity (Wildman–Crippen MR) is 91.5 cm³/mol. The molecule has 0 bridgehead atoms. The highest BCUT2D eigenvalue weighted by atomic mass is 32.2. The summed E-state index contributed by atoms with van der Waals surface area (Å²) in [5.74, 6) is -0.360. The average molecular weight is 339 g/mol. The summed E-state index contributed by atoms with van der Waals surface area (Å²) in [5.41, 5.74) is 2.65. The number of amides is 1. The van der Waals surface area contributed by atoms with Crippen LogP contribution in [0, 0.1) is 13.8 Å². The molecule has 7 heteroatoms. The van der Waals surface area contributed by atoms with Gasteiger partial charge in [-0.1, -0.05) is 31.0 Å². The number of hydrogen-bond donors (Lipinski definition) is 2. The highest BCUT2D eigenvalue weighted by Crippen LogP contribution is 2.19. The van der Waals surface area contributed by atoms with E-state index in [0.717, 1.165) is 42.5 Å². The first kappa shape index (κ1) is 17.9. The van der Waals surface area contributed by atoms with Crippen molar-refractivity contribution in [3.05, 3.63) is 29.3 Å². The molecule has 1 fully saturated rings. The number of carbonyl (C=O) groups is 1. The van der Waals surface area contributed by atoms with Crippen LogP contribution in [0.4, 0.5) is 5.69 Å². The highest BCUT2D eigenvalue weighted by molar-refractivity contribution is 7.87. The van der Waals surface area contributed by atoms with Gasteiger partial charge in [-0.05, 0) is 37.8 Å². The van der Waals surface area contributed by atoms with Crippen LogP contribution in [0.1, 0.15) is 36.8 Å². The molecule has 0 atom stereocenters. The lowest BCUT2D eigenvalue weighted by molar-refractivity contribution is -0.115. The molecule has 1 aliphatic heterocycles. The van der Waals surface area contributed by atoms with Crippen molar-refractivity contribution in [2.24, 2.45) is 0 Å². The molecule has 2 N–H and O–H groups in total. The molecule has 1 aliphatic rings. The van der Waals surface area contributed by atoms with Crippen molar-refractivity contribution in [3.8, 4) is 0 Å². The minimum absolute atomic E-state index is 0.257. The molecule has 0 spiro atoms. The number of aryl methyl sites for hydroxylation is 2. The summed E-state index contributed by atoms with van der Waals surface area (Å²) in [6, 6.07) is 5.73. The molecule has 1 heterocycles. The normalized spacial score (nSPS) is 16.8. The van der Waals surface area contributed by atoms with Gasteiger partial charge in [-0.15, -0.1) is 0 Å². The molecule has 1 aromatic rings. The third kappa shape index (κ3) is 5.02. The molecule has 1 aromatic carbocycles. The maximum absolute atomic E-state index is 12.3. The minimum atomic E-state index is -3.59. The van der Waals surface area contributed by atoms with E-state index in [1.165, 1.54) is 4.31 Å². The lowest BCUT2D eigenvalue weighted by Crippen LogP contribution is -2.44. The zero-order valence-corrected chi connectivity index (χ0v) is 14.6. The van der Waals surface area contributed by atoms with E-state index >= 15 is 0 Å². The fraction of sp³-hybridized carbons (Fsp3) is 0.562. The van der Waals surface area contributed by atoms with Crippen LogP contribution in [0.2, 0.25) is 0 Å². The van der Waals surface area contributed by atoms with Crippen LogP contribution in [0.25, 0.3) is 0 Å². The van der Waals surface area contributed by atoms with Crippen molar-refractivity contribution in [3.63, 3.8) is 0 Å². The van der Waals surface area contributed by atoms with Gasteiger partial charge in [-0.2, -0.15) is 17.4 Å². The van der Waals surface area contributed by atoms with Gasteiger partial charge in [0, 0.05) is 18.8 Å². The van der Waals surface area contributed by atoms with E-state index < -0.39 is 10.2 Å². The second-order valence-electron chi connectivity index (χ2n) is 5.95. The van der Waals surface area contributed by atoms with E-state index in [0.29, 0.717) is 13.1 Å². The van der Waals surface area contributed by atoms with Gasteiger partial charge in [0.2, 0.25) is 5.91 Å². The van der Waals surface area contributed by atoms with Crippen molar-refractivity contribution in [1.82, 2.24) is 9.03 Å². The third-order valence-electron chi connectivity index (χ3n) is 4.07. The van der Waals surface area contributed by atoms with Crippen molar-refractivity contribution in [1.29, 1.82) is 0 Å². The lowest BCUT2D eigenvalue weighted by Gasteiger charge is -2.20. The first-order valence-corrected chi connectivity index (χ1v) is 9.45. The maximum atomic E-state index is 12.3. The smallest absolute Gasteiger partial charge is 0.279 e. The van der Waals surface area contributed by atoms with Crippen LogP contribution in [-0.4, -0.2) is 38.3 Å². The number of rotatable bonds is 5. The number of carbonyl (C=O) groups excluding carboxylic acids is 1. The molecule has 1 saturated heterocycles. The van der Waals surface area contributed by atoms with Crippen molar-refractivity contribution in [2.45, 2.75) is 39.5 Å². The zero-order chi connectivity index (χ0) is 16.9. The number of nitrogens with one attached hydrogen (secondary N) is 2. The summed E-state index contributed by atoms with van der Waals surface area (Å²) >= 11 is 0. The van der Waals surface area contributed by atoms with Crippen LogP contribution in [0.15, 0.2) is 18.2 Å². The summed E-state index contributed by atoms with van der Waals surface area (Å²) in [7, 11) is -3.59. The Kier molecular flexibility index (Phi) is 6.15. The fourth-order valence-corrected chi connectivity index (χ4v) is 3.96. The van der Waals surface area contributed by atoms with Crippen LogP contribution in [-0.2, 0) is 15.0 Å². The topological polar surface area (TPSA) is 78.5 Å². The predicted octanol–water partition coefficient (Wildman–Crippen LogP) is 1.95. The van der Waals surface area contributed by atoms with Gasteiger partial charge in [0.15, 0.2) is 0 Å². The Morgan fingerprint density at radius 3 is 2.22 bits per heavy atom. The second kappa shape index (κ2) is 7.90. The molecule has 0 radical (unpaired) electrons. The Labute approximate surface area is 138 Å². The molecule has 128 valence electrons. The number of benzene rings is 1. The summed E-state index contributed by atoms with van der Waals surface area (Å²) in [5, 5.41) is 2.78. The molecule has 6 nitrogen and oxygen atoms in total. The Balaban J connectivity index is 1.93. The van der Waals surface area contributed by atoms with Gasteiger partial charge in [0.1, 0.15) is 0 Å². The molecule has 1 amide bonds. The van der Waals surface area contributed by atoms with E-state index in [2.05, 4.69) is 10.0 Å². The van der Waals surface area contributed by atoms with Gasteiger partial charge < -0.3 is 5.32 Å². The Morgan fingerprint density at radius 1 is 1.09 bits per heavy atom. The number of hydrogen-bond acceptors (Lipinski definition) is 3. The van der Waals surface area contributed by atoms with Gasteiger partial charge >= 0.3 is 0 Å². The van der Waals surface area contributed by atoms with E-state index in [-0.39, 0.29) is 12.5 Å². The van der Waals surface area contributed by atoms with E-state index in [1.54, 1.807) is 0 Å². The standard InChI is InChI=1S/C16H25N3O3S/c1-13-8-7-9-14(2)16(13)18-15(20)12-17-23(21,22)19-10-5-3-4-6-11-19/h7-9,17H,3-6,10-12H2,1-2H3,(H,18,20). The molecular weight excluding hydrogens is 314 g/mol. The Hall–Kier alpha value is -1.44. The molecule has 23 heavy (non-hydrogen) atoms. The quantitative estimate of drug-likeness (QED) is 0.861. The lowest BCUT2D eigenvalue weighted by atomic mass is 10.1. The monoisotopic (exact) mass is 339 g/mol. The van der Waals surface area contributed by atoms with Gasteiger partial charge in [0.05, 0.1) is 6.54 Å². The van der Waals surface area contributed by atoms with Crippen molar-refractivity contribution >= 4 is 21.8 Å². The number of para-hydroxylation sites is 1. The molecule has 0 aromatic heterocycles. The average Bonchev–Trinajstić information content (AvgIpc) is 2.79. The van der Waals surface area contributed by atoms with Crippen molar-refractivity contribution in [2.75, 3.05) is 25.0 Å². The first-order valence-electron chi connectivity index (χ1n) is 8.01. The third-order valence-corrected chi connectivity index (χ3v) is 5.62. The Morgan fingerprint density at radius 2 is 1.65 bits per heavy atom. The highest BCUT2D eigenvalue weighted by Gasteiger charge is 2.23. The van der Waals surface area contributed by atoms with Crippen LogP contribution < -0.4 is 10.0 Å². The van der Waals surface area contributed by atoms with Gasteiger partial charge in [-0.25, -0.2) is 0 Å². The maximum Gasteiger partial charge on any atom is 0.279 e. The fourth-order valence-electron chi connectivity index (χ4n) is 2.73. The molecular formula is C16H25N3O3S. The van der Waals surface area contributed by atoms with Gasteiger partial charge in [-0.3, -0.25) is 4.79 Å². The number of anilines is 1. The van der Waals surface area contributed by atoms with Crippen LogP contribution in [0.3, 0.4) is 0 Å². The second-order valence-corrected chi connectivity index (χ2v) is 7.71. The first-order chi connectivity index (χ1) is 10.9. The molecule has 2 rings (SSSR count). The molecule has 0 aliphatic carbocycles. The van der Waals surface area contributed by atoms with E-state index in [4.69, 9.17) is 0 Å².